The van der Waals surface area contributed by atoms with E-state index in [1.165, 1.54) is 22.4 Å². The maximum Gasteiger partial charge on any atom is 0.492 e. The van der Waals surface area contributed by atoms with Gasteiger partial charge in [0.2, 0.25) is 5.95 Å². The lowest BCUT2D eigenvalue weighted by Gasteiger charge is -2.23. The topological polar surface area (TPSA) is 100 Å². The van der Waals surface area contributed by atoms with Crippen molar-refractivity contribution in [2.45, 2.75) is 26.4 Å². The van der Waals surface area contributed by atoms with Crippen molar-refractivity contribution in [1.82, 2.24) is 14.6 Å². The zero-order valence-corrected chi connectivity index (χ0v) is 12.3. The molecular weight excluding hydrogens is 275 g/mol. The molecule has 0 aliphatic heterocycles. The quantitative estimate of drug-likeness (QED) is 0.742. The first kappa shape index (κ1) is 15.3. The van der Waals surface area contributed by atoms with E-state index >= 15 is 0 Å². The summed E-state index contributed by atoms with van der Waals surface area (Å²) in [5.74, 6) is 0.224. The number of fused-ring (bicyclic) bond motifs is 1. The maximum atomic E-state index is 12.0. The number of anilines is 1. The Morgan fingerprint density at radius 2 is 2.05 bits per heavy atom. The fraction of sp³-hybridized carbons (Fsp3) is 0.417. The molecule has 8 nitrogen and oxygen atoms in total. The van der Waals surface area contributed by atoms with Gasteiger partial charge >= 0.3 is 13.2 Å². The van der Waals surface area contributed by atoms with Crippen molar-refractivity contribution in [3.05, 3.63) is 18.3 Å². The van der Waals surface area contributed by atoms with Gasteiger partial charge in [0.1, 0.15) is 5.60 Å². The highest BCUT2D eigenvalue weighted by molar-refractivity contribution is 6.60. The van der Waals surface area contributed by atoms with Crippen LogP contribution in [0.5, 0.6) is 0 Å². The minimum Gasteiger partial charge on any atom is -0.443 e. The normalized spacial score (nSPS) is 11.5. The molecule has 0 aliphatic carbocycles. The number of hydrogen-bond acceptors (Lipinski definition) is 6. The monoisotopic (exact) mass is 292 g/mol. The van der Waals surface area contributed by atoms with Gasteiger partial charge in [0.15, 0.2) is 5.65 Å². The van der Waals surface area contributed by atoms with E-state index in [0.717, 1.165) is 0 Å². The molecule has 9 heteroatoms. The second-order valence-electron chi connectivity index (χ2n) is 5.57. The first-order valence-electron chi connectivity index (χ1n) is 6.37. The summed E-state index contributed by atoms with van der Waals surface area (Å²) in [6.07, 6.45) is 1.05. The Balaban J connectivity index is 2.39. The Kier molecular flexibility index (Phi) is 3.88. The predicted octanol–water partition coefficient (Wildman–Crippen LogP) is -0.220. The minimum absolute atomic E-state index is 0.203. The summed E-state index contributed by atoms with van der Waals surface area (Å²) in [5, 5.41) is 26.4. The molecule has 2 heterocycles. The van der Waals surface area contributed by atoms with Crippen molar-refractivity contribution >= 4 is 30.3 Å². The number of rotatable bonds is 2. The lowest BCUT2D eigenvalue weighted by Crippen LogP contribution is -2.35. The van der Waals surface area contributed by atoms with E-state index in [2.05, 4.69) is 10.2 Å². The summed E-state index contributed by atoms with van der Waals surface area (Å²) < 4.78 is 6.74. The number of nitrogens with zero attached hydrogens (tertiary/aromatic N) is 4. The summed E-state index contributed by atoms with van der Waals surface area (Å²) in [6, 6.07) is 3.13. The van der Waals surface area contributed by atoms with E-state index in [-0.39, 0.29) is 17.1 Å². The van der Waals surface area contributed by atoms with Crippen LogP contribution in [0.1, 0.15) is 20.8 Å². The molecule has 0 unspecified atom stereocenters. The number of carbonyl (C=O) groups excluding carboxylic acids is 1. The molecule has 2 rings (SSSR count). The predicted molar refractivity (Wildman–Crippen MR) is 77.4 cm³/mol. The van der Waals surface area contributed by atoms with Gasteiger partial charge in [0, 0.05) is 18.7 Å². The molecule has 0 saturated carbocycles. The van der Waals surface area contributed by atoms with E-state index in [0.29, 0.717) is 0 Å². The average Bonchev–Trinajstić information content (AvgIpc) is 2.78. The third kappa shape index (κ3) is 3.14. The molecule has 0 radical (unpaired) electrons. The summed E-state index contributed by atoms with van der Waals surface area (Å²) in [7, 11) is -0.162. The van der Waals surface area contributed by atoms with Crippen LogP contribution in [0.15, 0.2) is 18.3 Å². The van der Waals surface area contributed by atoms with Crippen molar-refractivity contribution in [3.63, 3.8) is 0 Å². The second-order valence-corrected chi connectivity index (χ2v) is 5.57. The van der Waals surface area contributed by atoms with Crippen LogP contribution in [0.4, 0.5) is 10.7 Å². The van der Waals surface area contributed by atoms with E-state index in [9.17, 15) is 14.8 Å². The molecular formula is C12H17BN4O4. The van der Waals surface area contributed by atoms with Gasteiger partial charge in [-0.1, -0.05) is 6.07 Å². The lowest BCUT2D eigenvalue weighted by atomic mass is 9.81. The third-order valence-electron chi connectivity index (χ3n) is 2.69. The third-order valence-corrected chi connectivity index (χ3v) is 2.69. The maximum absolute atomic E-state index is 12.0. The van der Waals surface area contributed by atoms with Gasteiger partial charge in [-0.2, -0.15) is 0 Å². The average molecular weight is 292 g/mol. The second kappa shape index (κ2) is 5.34. The van der Waals surface area contributed by atoms with Crippen molar-refractivity contribution in [1.29, 1.82) is 0 Å². The molecule has 2 N–H and O–H groups in total. The molecule has 0 bridgehead atoms. The molecule has 0 saturated heterocycles. The van der Waals surface area contributed by atoms with Crippen LogP contribution in [0, 0.1) is 0 Å². The van der Waals surface area contributed by atoms with Crippen LogP contribution in [-0.2, 0) is 4.74 Å². The highest BCUT2D eigenvalue weighted by atomic mass is 16.6. The fourth-order valence-corrected chi connectivity index (χ4v) is 1.77. The molecule has 0 atom stereocenters. The van der Waals surface area contributed by atoms with Gasteiger partial charge in [-0.3, -0.25) is 4.40 Å². The van der Waals surface area contributed by atoms with Gasteiger partial charge in [0.05, 0.1) is 0 Å². The zero-order chi connectivity index (χ0) is 15.8. The Labute approximate surface area is 122 Å². The number of carbonyl (C=O) groups is 1. The van der Waals surface area contributed by atoms with Crippen molar-refractivity contribution in [3.8, 4) is 0 Å². The molecule has 1 amide bonds. The van der Waals surface area contributed by atoms with Gasteiger partial charge in [0.25, 0.3) is 0 Å². The lowest BCUT2D eigenvalue weighted by molar-refractivity contribution is 0.0587. The number of aromatic nitrogens is 3. The minimum atomic E-state index is -1.67. The number of pyridine rings is 1. The molecule has 0 fully saturated rings. The SMILES string of the molecule is CN(C(=O)OC(C)(C)C)c1nnc2c(B(O)O)cccn12. The molecule has 0 spiro atoms. The Hall–Kier alpha value is -2.13. The largest absolute Gasteiger partial charge is 0.492 e. The van der Waals surface area contributed by atoms with Gasteiger partial charge < -0.3 is 14.8 Å². The first-order chi connectivity index (χ1) is 9.70. The summed E-state index contributed by atoms with van der Waals surface area (Å²) >= 11 is 0. The van der Waals surface area contributed by atoms with Crippen LogP contribution in [0.25, 0.3) is 5.65 Å². The molecule has 112 valence electrons. The van der Waals surface area contributed by atoms with Crippen LogP contribution < -0.4 is 10.4 Å². The van der Waals surface area contributed by atoms with Gasteiger partial charge in [-0.05, 0) is 26.8 Å². The fourth-order valence-electron chi connectivity index (χ4n) is 1.77. The standard InChI is InChI=1S/C12H17BN4O4/c1-12(2,3)21-11(18)16(4)10-15-14-9-8(13(19)20)6-5-7-17(9)10/h5-7,19-20H,1-4H3. The van der Waals surface area contributed by atoms with Crippen LogP contribution in [-0.4, -0.2) is 50.5 Å². The van der Waals surface area contributed by atoms with E-state index in [1.54, 1.807) is 33.0 Å². The number of ether oxygens (including phenoxy) is 1. The van der Waals surface area contributed by atoms with E-state index in [1.807, 2.05) is 0 Å². The highest BCUT2D eigenvalue weighted by Crippen LogP contribution is 2.15. The smallest absolute Gasteiger partial charge is 0.443 e. The Bertz CT molecular complexity index is 665. The van der Waals surface area contributed by atoms with Gasteiger partial charge in [-0.25, -0.2) is 9.69 Å². The van der Waals surface area contributed by atoms with Gasteiger partial charge in [-0.15, -0.1) is 10.2 Å². The van der Waals surface area contributed by atoms with E-state index < -0.39 is 18.8 Å². The first-order valence-corrected chi connectivity index (χ1v) is 6.37. The summed E-state index contributed by atoms with van der Waals surface area (Å²) in [4.78, 5) is 13.3. The Morgan fingerprint density at radius 3 is 2.62 bits per heavy atom. The summed E-state index contributed by atoms with van der Waals surface area (Å²) in [6.45, 7) is 5.29. The van der Waals surface area contributed by atoms with E-state index in [4.69, 9.17) is 4.74 Å². The summed E-state index contributed by atoms with van der Waals surface area (Å²) in [5.41, 5.74) is -0.162. The molecule has 2 aromatic rings. The van der Waals surface area contributed by atoms with Crippen LogP contribution in [0.3, 0.4) is 0 Å². The highest BCUT2D eigenvalue weighted by Gasteiger charge is 2.25. The van der Waals surface area contributed by atoms with Crippen molar-refractivity contribution < 1.29 is 19.6 Å². The molecule has 0 aliphatic rings. The number of amides is 1. The Morgan fingerprint density at radius 1 is 1.38 bits per heavy atom. The number of hydrogen-bond donors (Lipinski definition) is 2. The molecule has 0 aromatic carbocycles. The molecule has 21 heavy (non-hydrogen) atoms. The van der Waals surface area contributed by atoms with Crippen LogP contribution in [0.2, 0.25) is 0 Å². The van der Waals surface area contributed by atoms with Crippen LogP contribution >= 0.6 is 0 Å². The van der Waals surface area contributed by atoms with Crippen molar-refractivity contribution in [2.75, 3.05) is 11.9 Å². The molecule has 2 aromatic heterocycles. The zero-order valence-electron chi connectivity index (χ0n) is 12.3. The van der Waals surface area contributed by atoms with Crippen molar-refractivity contribution in [2.24, 2.45) is 0 Å².